The number of hydrogen-bond acceptors (Lipinski definition) is 6. The summed E-state index contributed by atoms with van der Waals surface area (Å²) in [5, 5.41) is 10.6. The molecule has 28 heavy (non-hydrogen) atoms. The van der Waals surface area contributed by atoms with Gasteiger partial charge in [-0.3, -0.25) is 10.1 Å². The van der Waals surface area contributed by atoms with Gasteiger partial charge in [0, 0.05) is 17.1 Å². The van der Waals surface area contributed by atoms with Crippen molar-refractivity contribution < 1.29 is 13.9 Å². The van der Waals surface area contributed by atoms with Crippen LogP contribution in [0.3, 0.4) is 0 Å². The minimum absolute atomic E-state index is 0.137. The van der Waals surface area contributed by atoms with E-state index in [-0.39, 0.29) is 11.9 Å². The van der Waals surface area contributed by atoms with Gasteiger partial charge in [0.25, 0.3) is 0 Å². The smallest absolute Gasteiger partial charge is 0.322 e. The largest absolute Gasteiger partial charge is 0.497 e. The molecule has 0 atom stereocenters. The van der Waals surface area contributed by atoms with E-state index < -0.39 is 0 Å². The quantitative estimate of drug-likeness (QED) is 0.568. The number of ether oxygens (including phenoxy) is 1. The summed E-state index contributed by atoms with van der Waals surface area (Å²) in [6, 6.07) is 14.1. The van der Waals surface area contributed by atoms with Gasteiger partial charge < -0.3 is 9.15 Å². The normalized spacial score (nSPS) is 10.7. The zero-order chi connectivity index (χ0) is 19.9. The van der Waals surface area contributed by atoms with Crippen LogP contribution in [0.5, 0.6) is 5.75 Å². The number of nitrogens with zero attached hydrogens (tertiary/aromatic N) is 2. The first kappa shape index (κ1) is 19.9. The lowest BCUT2D eigenvalue weighted by atomic mass is 10.0. The van der Waals surface area contributed by atoms with Crippen molar-refractivity contribution in [3.8, 4) is 5.75 Å². The summed E-state index contributed by atoms with van der Waals surface area (Å²) >= 11 is 1.60. The number of carbonyl (C=O) groups is 1. The van der Waals surface area contributed by atoms with Gasteiger partial charge in [-0.2, -0.15) is 0 Å². The number of anilines is 1. The molecular weight excluding hydrogens is 374 g/mol. The summed E-state index contributed by atoms with van der Waals surface area (Å²) in [7, 11) is 1.64. The zero-order valence-electron chi connectivity index (χ0n) is 16.2. The maximum absolute atomic E-state index is 12.1. The number of aryl methyl sites for hydroxylation is 2. The van der Waals surface area contributed by atoms with E-state index in [1.807, 2.05) is 30.3 Å². The highest BCUT2D eigenvalue weighted by Gasteiger charge is 2.11. The van der Waals surface area contributed by atoms with Crippen LogP contribution in [-0.2, 0) is 11.2 Å². The van der Waals surface area contributed by atoms with Gasteiger partial charge in [0.05, 0.1) is 13.5 Å². The Morgan fingerprint density at radius 2 is 1.89 bits per heavy atom. The molecule has 146 valence electrons. The van der Waals surface area contributed by atoms with Gasteiger partial charge in [0.15, 0.2) is 0 Å². The number of hydrogen-bond donors (Lipinski definition) is 1. The Labute approximate surface area is 168 Å². The molecule has 0 aliphatic heterocycles. The number of benzene rings is 2. The molecule has 2 aromatic carbocycles. The Balaban J connectivity index is 1.45. The molecule has 1 aromatic heterocycles. The molecule has 0 bridgehead atoms. The molecule has 0 aliphatic carbocycles. The molecule has 0 saturated carbocycles. The van der Waals surface area contributed by atoms with E-state index >= 15 is 0 Å². The maximum atomic E-state index is 12.1. The highest BCUT2D eigenvalue weighted by molar-refractivity contribution is 7.99. The van der Waals surface area contributed by atoms with Gasteiger partial charge in [0.2, 0.25) is 11.8 Å². The second kappa shape index (κ2) is 9.41. The number of amides is 1. The summed E-state index contributed by atoms with van der Waals surface area (Å²) in [4.78, 5) is 13.2. The second-order valence-corrected chi connectivity index (χ2v) is 7.59. The number of thioether (sulfide) groups is 1. The van der Waals surface area contributed by atoms with Crippen LogP contribution in [0.15, 0.2) is 51.8 Å². The van der Waals surface area contributed by atoms with Crippen LogP contribution in [0, 0.1) is 13.8 Å². The van der Waals surface area contributed by atoms with Crippen molar-refractivity contribution in [3.05, 3.63) is 65.0 Å². The highest BCUT2D eigenvalue weighted by Crippen LogP contribution is 2.22. The van der Waals surface area contributed by atoms with Crippen molar-refractivity contribution in [1.29, 1.82) is 0 Å². The molecule has 0 saturated heterocycles. The number of rotatable bonds is 8. The van der Waals surface area contributed by atoms with Crippen molar-refractivity contribution in [2.45, 2.75) is 31.6 Å². The standard InChI is InChI=1S/C21H23N3O3S/c1-14-4-5-16(12-15(14)2)13-20-23-24-21(27-20)22-19(25)10-11-28-18-8-6-17(26-3)7-9-18/h4-9,12H,10-11,13H2,1-3H3,(H,22,24,25). The highest BCUT2D eigenvalue weighted by atomic mass is 32.2. The van der Waals surface area contributed by atoms with Crippen molar-refractivity contribution >= 4 is 23.7 Å². The van der Waals surface area contributed by atoms with Gasteiger partial charge in [-0.1, -0.05) is 23.3 Å². The molecule has 1 N–H and O–H groups in total. The first-order valence-electron chi connectivity index (χ1n) is 8.98. The van der Waals surface area contributed by atoms with E-state index in [4.69, 9.17) is 9.15 Å². The molecule has 0 aliphatic rings. The van der Waals surface area contributed by atoms with Gasteiger partial charge in [-0.25, -0.2) is 0 Å². The average Bonchev–Trinajstić information content (AvgIpc) is 3.12. The number of aromatic nitrogens is 2. The summed E-state index contributed by atoms with van der Waals surface area (Å²) in [5.41, 5.74) is 3.56. The van der Waals surface area contributed by atoms with E-state index in [0.29, 0.717) is 24.5 Å². The topological polar surface area (TPSA) is 77.2 Å². The first-order chi connectivity index (χ1) is 13.5. The summed E-state index contributed by atoms with van der Waals surface area (Å²) in [5.74, 6) is 1.80. The van der Waals surface area contributed by atoms with E-state index in [1.165, 1.54) is 11.1 Å². The molecule has 1 amide bonds. The lowest BCUT2D eigenvalue weighted by Crippen LogP contribution is -2.12. The summed E-state index contributed by atoms with van der Waals surface area (Å²) < 4.78 is 10.7. The van der Waals surface area contributed by atoms with Crippen LogP contribution in [0.2, 0.25) is 0 Å². The molecule has 3 aromatic rings. The van der Waals surface area contributed by atoms with Crippen LogP contribution in [0.1, 0.15) is 29.0 Å². The van der Waals surface area contributed by atoms with Crippen LogP contribution in [0.25, 0.3) is 0 Å². The van der Waals surface area contributed by atoms with Gasteiger partial charge in [0.1, 0.15) is 5.75 Å². The number of nitrogens with one attached hydrogen (secondary N) is 1. The van der Waals surface area contributed by atoms with E-state index in [1.54, 1.807) is 18.9 Å². The fraction of sp³-hybridized carbons (Fsp3) is 0.286. The molecule has 0 unspecified atom stereocenters. The average molecular weight is 398 g/mol. The first-order valence-corrected chi connectivity index (χ1v) is 9.97. The lowest BCUT2D eigenvalue weighted by Gasteiger charge is -2.04. The SMILES string of the molecule is COc1ccc(SCCC(=O)Nc2nnc(Cc3ccc(C)c(C)c3)o2)cc1. The predicted molar refractivity (Wildman–Crippen MR) is 110 cm³/mol. The molecular formula is C21H23N3O3S. The summed E-state index contributed by atoms with van der Waals surface area (Å²) in [6.45, 7) is 4.15. The third-order valence-electron chi connectivity index (χ3n) is 4.30. The van der Waals surface area contributed by atoms with Crippen LogP contribution in [0.4, 0.5) is 6.01 Å². The van der Waals surface area contributed by atoms with Crippen LogP contribution in [-0.4, -0.2) is 29.0 Å². The predicted octanol–water partition coefficient (Wildman–Crippen LogP) is 4.41. The van der Waals surface area contributed by atoms with E-state index in [0.717, 1.165) is 16.2 Å². The van der Waals surface area contributed by atoms with Crippen molar-refractivity contribution in [3.63, 3.8) is 0 Å². The molecule has 0 spiro atoms. The molecule has 7 heteroatoms. The van der Waals surface area contributed by atoms with Crippen molar-refractivity contribution in [1.82, 2.24) is 10.2 Å². The number of methoxy groups -OCH3 is 1. The minimum atomic E-state index is -0.151. The Morgan fingerprint density at radius 3 is 2.61 bits per heavy atom. The Hall–Kier alpha value is -2.80. The van der Waals surface area contributed by atoms with Crippen molar-refractivity contribution in [2.75, 3.05) is 18.2 Å². The van der Waals surface area contributed by atoms with Gasteiger partial charge >= 0.3 is 6.01 Å². The second-order valence-electron chi connectivity index (χ2n) is 6.42. The number of carbonyl (C=O) groups excluding carboxylic acids is 1. The van der Waals surface area contributed by atoms with Gasteiger partial charge in [-0.15, -0.1) is 16.9 Å². The molecule has 1 heterocycles. The minimum Gasteiger partial charge on any atom is -0.497 e. The van der Waals surface area contributed by atoms with Crippen molar-refractivity contribution in [2.24, 2.45) is 0 Å². The van der Waals surface area contributed by atoms with Gasteiger partial charge in [-0.05, 0) is 54.8 Å². The summed E-state index contributed by atoms with van der Waals surface area (Å²) in [6.07, 6.45) is 0.892. The Morgan fingerprint density at radius 1 is 1.11 bits per heavy atom. The van der Waals surface area contributed by atoms with Crippen LogP contribution < -0.4 is 10.1 Å². The Kier molecular flexibility index (Phi) is 6.71. The molecule has 6 nitrogen and oxygen atoms in total. The van der Waals surface area contributed by atoms with E-state index in [2.05, 4.69) is 41.5 Å². The Bertz CT molecular complexity index is 938. The van der Waals surface area contributed by atoms with E-state index in [9.17, 15) is 4.79 Å². The fourth-order valence-corrected chi connectivity index (χ4v) is 3.43. The third kappa shape index (κ3) is 5.60. The molecule has 0 fully saturated rings. The maximum Gasteiger partial charge on any atom is 0.322 e. The monoisotopic (exact) mass is 397 g/mol. The third-order valence-corrected chi connectivity index (χ3v) is 5.31. The van der Waals surface area contributed by atoms with Crippen LogP contribution >= 0.6 is 11.8 Å². The fourth-order valence-electron chi connectivity index (χ4n) is 2.58. The molecule has 3 rings (SSSR count). The lowest BCUT2D eigenvalue weighted by molar-refractivity contribution is -0.115. The zero-order valence-corrected chi connectivity index (χ0v) is 17.0. The molecule has 0 radical (unpaired) electrons.